The maximum absolute atomic E-state index is 13.2. The van der Waals surface area contributed by atoms with Crippen LogP contribution in [0.25, 0.3) is 0 Å². The van der Waals surface area contributed by atoms with Gasteiger partial charge in [0.05, 0.1) is 17.5 Å². The van der Waals surface area contributed by atoms with Crippen LogP contribution < -0.4 is 4.74 Å². The summed E-state index contributed by atoms with van der Waals surface area (Å²) in [6, 6.07) is 6.03. The van der Waals surface area contributed by atoms with Gasteiger partial charge >= 0.3 is 0 Å². The molecule has 0 aliphatic carbocycles. The molecule has 0 spiro atoms. The van der Waals surface area contributed by atoms with Crippen molar-refractivity contribution < 1.29 is 9.13 Å². The van der Waals surface area contributed by atoms with Crippen LogP contribution in [0.4, 0.5) is 4.39 Å². The van der Waals surface area contributed by atoms with E-state index >= 15 is 0 Å². The maximum Gasteiger partial charge on any atom is 0.124 e. The van der Waals surface area contributed by atoms with Gasteiger partial charge in [0.2, 0.25) is 0 Å². The van der Waals surface area contributed by atoms with Gasteiger partial charge in [-0.1, -0.05) is 11.6 Å². The highest BCUT2D eigenvalue weighted by molar-refractivity contribution is 7.11. The molecule has 2 rings (SSSR count). The Balaban J connectivity index is 2.46. The zero-order valence-corrected chi connectivity index (χ0v) is 11.2. The Labute approximate surface area is 113 Å². The minimum atomic E-state index is -0.506. The van der Waals surface area contributed by atoms with Gasteiger partial charge in [-0.05, 0) is 29.6 Å². The van der Waals surface area contributed by atoms with Crippen LogP contribution in [-0.2, 0) is 0 Å². The average molecular weight is 291 g/mol. The van der Waals surface area contributed by atoms with E-state index in [-0.39, 0.29) is 5.82 Å². The van der Waals surface area contributed by atoms with E-state index in [1.54, 1.807) is 12.1 Å². The summed E-state index contributed by atoms with van der Waals surface area (Å²) in [6.07, 6.45) is 0. The minimum Gasteiger partial charge on any atom is -0.496 e. The van der Waals surface area contributed by atoms with E-state index in [9.17, 15) is 4.39 Å². The first-order valence-electron chi connectivity index (χ1n) is 4.84. The number of methoxy groups -OCH3 is 1. The number of benzene rings is 1. The van der Waals surface area contributed by atoms with Crippen LogP contribution in [0.1, 0.15) is 15.8 Å². The molecule has 0 aliphatic heterocycles. The van der Waals surface area contributed by atoms with Gasteiger partial charge in [0, 0.05) is 10.4 Å². The standard InChI is InChI=1S/C12H9Cl2FOS/c1-16-10-3-2-7(15)6-8(10)11(14)12-9(13)4-5-17-12/h2-6,11H,1H3. The molecule has 90 valence electrons. The molecular weight excluding hydrogens is 282 g/mol. The van der Waals surface area contributed by atoms with E-state index in [4.69, 9.17) is 27.9 Å². The van der Waals surface area contributed by atoms with Crippen LogP contribution in [0.2, 0.25) is 5.02 Å². The Morgan fingerprint density at radius 3 is 2.71 bits per heavy atom. The van der Waals surface area contributed by atoms with Gasteiger partial charge in [-0.25, -0.2) is 4.39 Å². The second-order valence-corrected chi connectivity index (χ2v) is 5.17. The highest BCUT2D eigenvalue weighted by atomic mass is 35.5. The number of alkyl halides is 1. The zero-order valence-electron chi connectivity index (χ0n) is 8.91. The van der Waals surface area contributed by atoms with Gasteiger partial charge in [0.15, 0.2) is 0 Å². The second kappa shape index (κ2) is 5.25. The van der Waals surface area contributed by atoms with Crippen molar-refractivity contribution in [3.63, 3.8) is 0 Å². The molecule has 1 nitrogen and oxygen atoms in total. The first-order chi connectivity index (χ1) is 8.13. The van der Waals surface area contributed by atoms with E-state index in [0.29, 0.717) is 16.3 Å². The predicted molar refractivity (Wildman–Crippen MR) is 70.0 cm³/mol. The lowest BCUT2D eigenvalue weighted by atomic mass is 10.1. The summed E-state index contributed by atoms with van der Waals surface area (Å²) in [5.74, 6) is 0.204. The Morgan fingerprint density at radius 2 is 2.12 bits per heavy atom. The maximum atomic E-state index is 13.2. The Morgan fingerprint density at radius 1 is 1.35 bits per heavy atom. The van der Waals surface area contributed by atoms with Gasteiger partial charge < -0.3 is 4.74 Å². The molecule has 1 aromatic carbocycles. The number of hydrogen-bond acceptors (Lipinski definition) is 2. The lowest BCUT2D eigenvalue weighted by Crippen LogP contribution is -1.97. The molecule has 17 heavy (non-hydrogen) atoms. The van der Waals surface area contributed by atoms with E-state index in [2.05, 4.69) is 0 Å². The molecule has 0 bridgehead atoms. The van der Waals surface area contributed by atoms with Crippen LogP contribution in [0, 0.1) is 5.82 Å². The molecular formula is C12H9Cl2FOS. The van der Waals surface area contributed by atoms with Gasteiger partial charge in [0.25, 0.3) is 0 Å². The van der Waals surface area contributed by atoms with Crippen LogP contribution >= 0.6 is 34.5 Å². The third kappa shape index (κ3) is 2.57. The topological polar surface area (TPSA) is 9.23 Å². The molecule has 1 atom stereocenters. The number of rotatable bonds is 3. The Bertz CT molecular complexity index is 527. The SMILES string of the molecule is COc1ccc(F)cc1C(Cl)c1sccc1Cl. The average Bonchev–Trinajstić information content (AvgIpc) is 2.74. The van der Waals surface area contributed by atoms with Crippen molar-refractivity contribution in [3.8, 4) is 5.75 Å². The van der Waals surface area contributed by atoms with Crippen LogP contribution in [-0.4, -0.2) is 7.11 Å². The monoisotopic (exact) mass is 290 g/mol. The molecule has 5 heteroatoms. The molecule has 0 saturated carbocycles. The summed E-state index contributed by atoms with van der Waals surface area (Å²) in [5.41, 5.74) is 0.582. The second-order valence-electron chi connectivity index (χ2n) is 3.38. The van der Waals surface area contributed by atoms with Crippen molar-refractivity contribution in [2.75, 3.05) is 7.11 Å². The molecule has 0 saturated heterocycles. The van der Waals surface area contributed by atoms with Crippen molar-refractivity contribution in [2.45, 2.75) is 5.38 Å². The Kier molecular flexibility index (Phi) is 3.92. The molecule has 0 amide bonds. The quantitative estimate of drug-likeness (QED) is 0.732. The minimum absolute atomic E-state index is 0.348. The third-order valence-corrected chi connectivity index (χ3v) is 4.35. The largest absolute Gasteiger partial charge is 0.496 e. The van der Waals surface area contributed by atoms with Crippen molar-refractivity contribution in [1.82, 2.24) is 0 Å². The molecule has 0 N–H and O–H groups in total. The summed E-state index contributed by atoms with van der Waals surface area (Å²) in [5, 5.41) is 1.92. The predicted octanol–water partition coefficient (Wildman–Crippen LogP) is 4.88. The summed E-state index contributed by atoms with van der Waals surface area (Å²) in [7, 11) is 1.52. The number of thiophene rings is 1. The fourth-order valence-corrected chi connectivity index (χ4v) is 3.19. The third-order valence-electron chi connectivity index (χ3n) is 2.34. The molecule has 0 radical (unpaired) electrons. The summed E-state index contributed by atoms with van der Waals surface area (Å²) in [4.78, 5) is 0.789. The highest BCUT2D eigenvalue weighted by Crippen LogP contribution is 2.41. The van der Waals surface area contributed by atoms with Crippen molar-refractivity contribution >= 4 is 34.5 Å². The van der Waals surface area contributed by atoms with Crippen LogP contribution in [0.5, 0.6) is 5.75 Å². The fourth-order valence-electron chi connectivity index (χ4n) is 1.53. The first kappa shape index (κ1) is 12.7. The first-order valence-corrected chi connectivity index (χ1v) is 6.53. The molecule has 2 aromatic rings. The lowest BCUT2D eigenvalue weighted by Gasteiger charge is -2.13. The van der Waals surface area contributed by atoms with Crippen molar-refractivity contribution in [2.24, 2.45) is 0 Å². The number of ether oxygens (including phenoxy) is 1. The van der Waals surface area contributed by atoms with E-state index in [0.717, 1.165) is 4.88 Å². The normalized spacial score (nSPS) is 12.5. The molecule has 0 aliphatic rings. The zero-order chi connectivity index (χ0) is 12.4. The van der Waals surface area contributed by atoms with E-state index in [1.165, 1.54) is 30.6 Å². The van der Waals surface area contributed by atoms with Crippen molar-refractivity contribution in [1.29, 1.82) is 0 Å². The Hall–Kier alpha value is -0.770. The smallest absolute Gasteiger partial charge is 0.124 e. The summed E-state index contributed by atoms with van der Waals surface area (Å²) >= 11 is 13.8. The number of hydrogen-bond donors (Lipinski definition) is 0. The summed E-state index contributed by atoms with van der Waals surface area (Å²) in [6.45, 7) is 0. The molecule has 1 unspecified atom stereocenters. The molecule has 1 aromatic heterocycles. The van der Waals surface area contributed by atoms with Gasteiger partial charge in [-0.3, -0.25) is 0 Å². The van der Waals surface area contributed by atoms with Gasteiger partial charge in [0.1, 0.15) is 11.6 Å². The number of halogens is 3. The van der Waals surface area contributed by atoms with Gasteiger partial charge in [-0.2, -0.15) is 0 Å². The van der Waals surface area contributed by atoms with Crippen LogP contribution in [0.15, 0.2) is 29.6 Å². The molecule has 0 fully saturated rings. The van der Waals surface area contributed by atoms with Gasteiger partial charge in [-0.15, -0.1) is 22.9 Å². The summed E-state index contributed by atoms with van der Waals surface area (Å²) < 4.78 is 18.4. The highest BCUT2D eigenvalue weighted by Gasteiger charge is 2.20. The fraction of sp³-hybridized carbons (Fsp3) is 0.167. The van der Waals surface area contributed by atoms with Crippen molar-refractivity contribution in [3.05, 3.63) is 50.9 Å². The lowest BCUT2D eigenvalue weighted by molar-refractivity contribution is 0.409. The molecule has 1 heterocycles. The van der Waals surface area contributed by atoms with E-state index in [1.807, 2.05) is 5.38 Å². The van der Waals surface area contributed by atoms with Crippen LogP contribution in [0.3, 0.4) is 0 Å². The van der Waals surface area contributed by atoms with E-state index < -0.39 is 5.38 Å².